The van der Waals surface area contributed by atoms with Crippen LogP contribution in [0, 0.1) is 11.6 Å². The normalized spacial score (nSPS) is 11.7. The van der Waals surface area contributed by atoms with E-state index < -0.39 is 38.0 Å². The van der Waals surface area contributed by atoms with Gasteiger partial charge in [-0.05, 0) is 35.8 Å². The lowest BCUT2D eigenvalue weighted by molar-refractivity contribution is 0.0934. The van der Waals surface area contributed by atoms with Crippen molar-refractivity contribution in [3.05, 3.63) is 27.7 Å². The van der Waals surface area contributed by atoms with E-state index in [4.69, 9.17) is 5.14 Å². The Kier molecular flexibility index (Phi) is 4.64. The lowest BCUT2D eigenvalue weighted by Crippen LogP contribution is -2.32. The summed E-state index contributed by atoms with van der Waals surface area (Å²) in [5.41, 5.74) is -0.985. The SMILES string of the molecule is CC(C)NC(=O)c1c(F)cc(Br)c(S(N)(=O)=O)c1F. The van der Waals surface area contributed by atoms with E-state index in [1.54, 1.807) is 13.8 Å². The topological polar surface area (TPSA) is 89.3 Å². The Hall–Kier alpha value is -1.06. The molecule has 0 radical (unpaired) electrons. The van der Waals surface area contributed by atoms with Crippen molar-refractivity contribution >= 4 is 31.9 Å². The second kappa shape index (κ2) is 5.51. The second-order valence-corrected chi connectivity index (χ2v) is 6.38. The molecule has 9 heteroatoms. The van der Waals surface area contributed by atoms with Crippen molar-refractivity contribution < 1.29 is 22.0 Å². The number of rotatable bonds is 3. The van der Waals surface area contributed by atoms with Crippen LogP contribution in [0.1, 0.15) is 24.2 Å². The Morgan fingerprint density at radius 2 is 1.95 bits per heavy atom. The highest BCUT2D eigenvalue weighted by molar-refractivity contribution is 9.10. The maximum absolute atomic E-state index is 14.0. The van der Waals surface area contributed by atoms with Gasteiger partial charge in [0, 0.05) is 10.5 Å². The molecule has 3 N–H and O–H groups in total. The van der Waals surface area contributed by atoms with Crippen LogP contribution in [0.4, 0.5) is 8.78 Å². The summed E-state index contributed by atoms with van der Waals surface area (Å²) in [7, 11) is -4.43. The zero-order chi connectivity index (χ0) is 15.0. The van der Waals surface area contributed by atoms with E-state index >= 15 is 0 Å². The Morgan fingerprint density at radius 3 is 2.37 bits per heavy atom. The molecular formula is C10H11BrF2N2O3S. The Labute approximate surface area is 117 Å². The van der Waals surface area contributed by atoms with Gasteiger partial charge in [0.2, 0.25) is 10.0 Å². The zero-order valence-corrected chi connectivity index (χ0v) is 12.4. The van der Waals surface area contributed by atoms with E-state index in [-0.39, 0.29) is 10.5 Å². The number of sulfonamides is 1. The number of carbonyl (C=O) groups is 1. The molecule has 5 nitrogen and oxygen atoms in total. The molecule has 0 aliphatic heterocycles. The molecule has 0 aliphatic rings. The first-order valence-electron chi connectivity index (χ1n) is 5.06. The Balaban J connectivity index is 3.55. The van der Waals surface area contributed by atoms with Crippen molar-refractivity contribution in [2.24, 2.45) is 5.14 Å². The van der Waals surface area contributed by atoms with Gasteiger partial charge < -0.3 is 5.32 Å². The van der Waals surface area contributed by atoms with E-state index in [1.807, 2.05) is 0 Å². The van der Waals surface area contributed by atoms with Gasteiger partial charge in [-0.2, -0.15) is 0 Å². The summed E-state index contributed by atoms with van der Waals surface area (Å²) in [6.07, 6.45) is 0. The minimum Gasteiger partial charge on any atom is -0.350 e. The van der Waals surface area contributed by atoms with E-state index in [0.29, 0.717) is 6.07 Å². The molecule has 1 rings (SSSR count). The first-order valence-corrected chi connectivity index (χ1v) is 7.40. The van der Waals surface area contributed by atoms with Gasteiger partial charge in [0.15, 0.2) is 5.82 Å². The zero-order valence-electron chi connectivity index (χ0n) is 10.00. The van der Waals surface area contributed by atoms with Gasteiger partial charge in [-0.15, -0.1) is 0 Å². The number of hydrogen-bond donors (Lipinski definition) is 2. The molecule has 0 heterocycles. The summed E-state index contributed by atoms with van der Waals surface area (Å²) < 4.78 is 49.7. The van der Waals surface area contributed by atoms with Crippen LogP contribution in [-0.4, -0.2) is 20.4 Å². The van der Waals surface area contributed by atoms with Crippen LogP contribution in [0.5, 0.6) is 0 Å². The summed E-state index contributed by atoms with van der Waals surface area (Å²) in [5, 5.41) is 7.10. The van der Waals surface area contributed by atoms with Crippen molar-refractivity contribution in [3.63, 3.8) is 0 Å². The largest absolute Gasteiger partial charge is 0.350 e. The number of nitrogens with two attached hydrogens (primary N) is 1. The van der Waals surface area contributed by atoms with Gasteiger partial charge in [-0.3, -0.25) is 4.79 Å². The van der Waals surface area contributed by atoms with E-state index in [1.165, 1.54) is 0 Å². The molecule has 1 aromatic carbocycles. The molecule has 0 saturated carbocycles. The Bertz CT molecular complexity index is 632. The molecule has 1 amide bonds. The number of carbonyl (C=O) groups excluding carboxylic acids is 1. The van der Waals surface area contributed by atoms with Gasteiger partial charge >= 0.3 is 0 Å². The molecule has 106 valence electrons. The number of benzene rings is 1. The first kappa shape index (κ1) is 16.0. The summed E-state index contributed by atoms with van der Waals surface area (Å²) >= 11 is 2.70. The maximum atomic E-state index is 14.0. The third kappa shape index (κ3) is 3.48. The summed E-state index contributed by atoms with van der Waals surface area (Å²) in [6.45, 7) is 3.18. The van der Waals surface area contributed by atoms with E-state index in [2.05, 4.69) is 21.2 Å². The highest BCUT2D eigenvalue weighted by Crippen LogP contribution is 2.28. The number of primary sulfonamides is 1. The van der Waals surface area contributed by atoms with Crippen LogP contribution in [-0.2, 0) is 10.0 Å². The van der Waals surface area contributed by atoms with Crippen LogP contribution >= 0.6 is 15.9 Å². The fourth-order valence-corrected chi connectivity index (χ4v) is 3.11. The van der Waals surface area contributed by atoms with E-state index in [9.17, 15) is 22.0 Å². The number of amides is 1. The third-order valence-electron chi connectivity index (χ3n) is 2.06. The van der Waals surface area contributed by atoms with Crippen molar-refractivity contribution in [2.75, 3.05) is 0 Å². The van der Waals surface area contributed by atoms with Crippen molar-refractivity contribution in [3.8, 4) is 0 Å². The first-order chi connectivity index (χ1) is 8.55. The average molecular weight is 357 g/mol. The molecule has 19 heavy (non-hydrogen) atoms. The average Bonchev–Trinajstić information content (AvgIpc) is 2.11. The van der Waals surface area contributed by atoms with Crippen LogP contribution in [0.2, 0.25) is 0 Å². The monoisotopic (exact) mass is 356 g/mol. The molecule has 0 fully saturated rings. The molecular weight excluding hydrogens is 346 g/mol. The quantitative estimate of drug-likeness (QED) is 0.860. The number of hydrogen-bond acceptors (Lipinski definition) is 3. The molecule has 0 spiro atoms. The standard InChI is InChI=1S/C10H11BrF2N2O3S/c1-4(2)15-10(16)7-6(12)3-5(11)9(8(7)13)19(14,17)18/h3-4H,1-2H3,(H,15,16)(H2,14,17,18). The van der Waals surface area contributed by atoms with Crippen molar-refractivity contribution in [1.82, 2.24) is 5.32 Å². The molecule has 0 aromatic heterocycles. The van der Waals surface area contributed by atoms with Gasteiger partial charge in [0.1, 0.15) is 16.3 Å². The predicted molar refractivity (Wildman–Crippen MR) is 68.0 cm³/mol. The van der Waals surface area contributed by atoms with Crippen molar-refractivity contribution in [2.45, 2.75) is 24.8 Å². The fraction of sp³-hybridized carbons (Fsp3) is 0.300. The van der Waals surface area contributed by atoms with Crippen molar-refractivity contribution in [1.29, 1.82) is 0 Å². The Morgan fingerprint density at radius 1 is 1.42 bits per heavy atom. The van der Waals surface area contributed by atoms with Crippen LogP contribution in [0.25, 0.3) is 0 Å². The lowest BCUT2D eigenvalue weighted by atomic mass is 10.1. The van der Waals surface area contributed by atoms with Crippen LogP contribution in [0.3, 0.4) is 0 Å². The molecule has 0 atom stereocenters. The third-order valence-corrected chi connectivity index (χ3v) is 3.92. The molecule has 1 aromatic rings. The maximum Gasteiger partial charge on any atom is 0.257 e. The summed E-state index contributed by atoms with van der Waals surface area (Å²) in [6, 6.07) is 0.311. The summed E-state index contributed by atoms with van der Waals surface area (Å²) in [5.74, 6) is -3.76. The second-order valence-electron chi connectivity index (χ2n) is 4.03. The summed E-state index contributed by atoms with van der Waals surface area (Å²) in [4.78, 5) is 10.7. The highest BCUT2D eigenvalue weighted by atomic mass is 79.9. The van der Waals surface area contributed by atoms with Crippen LogP contribution < -0.4 is 10.5 Å². The van der Waals surface area contributed by atoms with E-state index in [0.717, 1.165) is 0 Å². The minimum atomic E-state index is -4.43. The molecule has 0 unspecified atom stereocenters. The molecule has 0 saturated heterocycles. The number of halogens is 3. The fourth-order valence-electron chi connectivity index (χ4n) is 1.38. The van der Waals surface area contributed by atoms with Crippen LogP contribution in [0.15, 0.2) is 15.4 Å². The number of nitrogens with one attached hydrogen (secondary N) is 1. The van der Waals surface area contributed by atoms with Gasteiger partial charge in [0.05, 0.1) is 0 Å². The smallest absolute Gasteiger partial charge is 0.257 e. The minimum absolute atomic E-state index is 0.368. The van der Waals surface area contributed by atoms with Gasteiger partial charge in [0.25, 0.3) is 5.91 Å². The molecule has 0 bridgehead atoms. The molecule has 0 aliphatic carbocycles. The van der Waals surface area contributed by atoms with Gasteiger partial charge in [-0.25, -0.2) is 22.3 Å². The predicted octanol–water partition coefficient (Wildman–Crippen LogP) is 1.51. The lowest BCUT2D eigenvalue weighted by Gasteiger charge is -2.12. The highest BCUT2D eigenvalue weighted by Gasteiger charge is 2.28. The van der Waals surface area contributed by atoms with Gasteiger partial charge in [-0.1, -0.05) is 0 Å².